The number of halogens is 1. The molecule has 0 spiro atoms. The molecule has 2 rings (SSSR count). The first-order chi connectivity index (χ1) is 9.30. The fourth-order valence-electron chi connectivity index (χ4n) is 2.65. The summed E-state index contributed by atoms with van der Waals surface area (Å²) in [6.45, 7) is 5.29. The lowest BCUT2D eigenvalue weighted by atomic mass is 10.1. The van der Waals surface area contributed by atoms with E-state index in [0.29, 0.717) is 6.04 Å². The van der Waals surface area contributed by atoms with Gasteiger partial charge in [-0.2, -0.15) is 5.10 Å². The SMILES string of the molecule is CCc1nnc(N2CCCCCC2CBr)nc1CC. The van der Waals surface area contributed by atoms with E-state index in [2.05, 4.69) is 44.9 Å². The topological polar surface area (TPSA) is 41.9 Å². The summed E-state index contributed by atoms with van der Waals surface area (Å²) in [6, 6.07) is 0.501. The Labute approximate surface area is 124 Å². The van der Waals surface area contributed by atoms with Gasteiger partial charge in [-0.05, 0) is 25.7 Å². The lowest BCUT2D eigenvalue weighted by Gasteiger charge is -2.28. The van der Waals surface area contributed by atoms with E-state index in [0.717, 1.165) is 42.1 Å². The van der Waals surface area contributed by atoms with Gasteiger partial charge in [0.25, 0.3) is 0 Å². The molecule has 0 radical (unpaired) electrons. The predicted octanol–water partition coefficient (Wildman–Crippen LogP) is 3.14. The highest BCUT2D eigenvalue weighted by atomic mass is 79.9. The molecule has 4 nitrogen and oxygen atoms in total. The molecule has 1 saturated heterocycles. The van der Waals surface area contributed by atoms with Crippen LogP contribution in [0.3, 0.4) is 0 Å². The van der Waals surface area contributed by atoms with Crippen LogP contribution < -0.4 is 4.90 Å². The van der Waals surface area contributed by atoms with Crippen molar-refractivity contribution in [3.8, 4) is 0 Å². The molecule has 106 valence electrons. The summed E-state index contributed by atoms with van der Waals surface area (Å²) in [4.78, 5) is 7.10. The number of hydrogen-bond donors (Lipinski definition) is 0. The molecule has 0 saturated carbocycles. The lowest BCUT2D eigenvalue weighted by molar-refractivity contribution is 0.606. The highest BCUT2D eigenvalue weighted by Crippen LogP contribution is 2.22. The fraction of sp³-hybridized carbons (Fsp3) is 0.786. The Bertz CT molecular complexity index is 410. The molecular weight excluding hydrogens is 304 g/mol. The van der Waals surface area contributed by atoms with E-state index in [9.17, 15) is 0 Å². The van der Waals surface area contributed by atoms with E-state index in [1.54, 1.807) is 0 Å². The molecule has 1 atom stereocenters. The van der Waals surface area contributed by atoms with Crippen LogP contribution >= 0.6 is 15.9 Å². The molecule has 1 aliphatic heterocycles. The molecule has 2 heterocycles. The van der Waals surface area contributed by atoms with Crippen LogP contribution in [0.5, 0.6) is 0 Å². The van der Waals surface area contributed by atoms with Crippen molar-refractivity contribution in [1.82, 2.24) is 15.2 Å². The van der Waals surface area contributed by atoms with Crippen LogP contribution in [-0.2, 0) is 12.8 Å². The van der Waals surface area contributed by atoms with Gasteiger partial charge in [-0.3, -0.25) is 0 Å². The maximum absolute atomic E-state index is 4.76. The monoisotopic (exact) mass is 326 g/mol. The van der Waals surface area contributed by atoms with Crippen LogP contribution in [0.15, 0.2) is 0 Å². The number of aryl methyl sites for hydroxylation is 2. The van der Waals surface area contributed by atoms with Crippen molar-refractivity contribution in [2.24, 2.45) is 0 Å². The standard InChI is InChI=1S/C14H23BrN4/c1-3-12-13(4-2)17-18-14(16-12)19-9-7-5-6-8-11(19)10-15/h11H,3-10H2,1-2H3. The Hall–Kier alpha value is -0.710. The third-order valence-corrected chi connectivity index (χ3v) is 4.56. The van der Waals surface area contributed by atoms with E-state index >= 15 is 0 Å². The van der Waals surface area contributed by atoms with E-state index in [1.165, 1.54) is 25.7 Å². The molecule has 0 N–H and O–H groups in total. The molecule has 1 aromatic rings. The first-order valence-corrected chi connectivity index (χ1v) is 8.47. The minimum atomic E-state index is 0.501. The van der Waals surface area contributed by atoms with Crippen molar-refractivity contribution in [2.45, 2.75) is 58.4 Å². The number of aromatic nitrogens is 3. The van der Waals surface area contributed by atoms with Crippen molar-refractivity contribution in [2.75, 3.05) is 16.8 Å². The second-order valence-corrected chi connectivity index (χ2v) is 5.71. The zero-order valence-electron chi connectivity index (χ0n) is 11.9. The van der Waals surface area contributed by atoms with Gasteiger partial charge in [-0.15, -0.1) is 5.10 Å². The summed E-state index contributed by atoms with van der Waals surface area (Å²) in [5, 5.41) is 9.72. The van der Waals surface area contributed by atoms with Crippen LogP contribution in [0.4, 0.5) is 5.95 Å². The van der Waals surface area contributed by atoms with Crippen molar-refractivity contribution in [1.29, 1.82) is 0 Å². The summed E-state index contributed by atoms with van der Waals surface area (Å²) in [5.74, 6) is 0.820. The van der Waals surface area contributed by atoms with Crippen LogP contribution in [-0.4, -0.2) is 33.1 Å². The number of nitrogens with zero attached hydrogens (tertiary/aromatic N) is 4. The molecule has 1 unspecified atom stereocenters. The molecule has 1 fully saturated rings. The van der Waals surface area contributed by atoms with Crippen LogP contribution in [0, 0.1) is 0 Å². The van der Waals surface area contributed by atoms with Crippen molar-refractivity contribution in [3.05, 3.63) is 11.4 Å². The Morgan fingerprint density at radius 1 is 1.11 bits per heavy atom. The number of rotatable bonds is 4. The van der Waals surface area contributed by atoms with E-state index in [4.69, 9.17) is 4.98 Å². The van der Waals surface area contributed by atoms with Gasteiger partial charge in [0, 0.05) is 17.9 Å². The Kier molecular flexibility index (Phi) is 5.55. The smallest absolute Gasteiger partial charge is 0.245 e. The first-order valence-electron chi connectivity index (χ1n) is 7.35. The lowest BCUT2D eigenvalue weighted by Crippen LogP contribution is -2.37. The van der Waals surface area contributed by atoms with Crippen molar-refractivity contribution in [3.63, 3.8) is 0 Å². The summed E-state index contributed by atoms with van der Waals surface area (Å²) >= 11 is 3.63. The zero-order valence-corrected chi connectivity index (χ0v) is 13.5. The Morgan fingerprint density at radius 2 is 1.89 bits per heavy atom. The van der Waals surface area contributed by atoms with Gasteiger partial charge in [0.15, 0.2) is 0 Å². The maximum atomic E-state index is 4.76. The van der Waals surface area contributed by atoms with Crippen LogP contribution in [0.1, 0.15) is 50.9 Å². The summed E-state index contributed by atoms with van der Waals surface area (Å²) in [7, 11) is 0. The van der Waals surface area contributed by atoms with Crippen molar-refractivity contribution < 1.29 is 0 Å². The second-order valence-electron chi connectivity index (χ2n) is 5.06. The quantitative estimate of drug-likeness (QED) is 0.797. The van der Waals surface area contributed by atoms with Gasteiger partial charge >= 0.3 is 0 Å². The molecule has 0 bridgehead atoms. The van der Waals surface area contributed by atoms with E-state index in [-0.39, 0.29) is 0 Å². The molecule has 0 aromatic carbocycles. The zero-order chi connectivity index (χ0) is 13.7. The summed E-state index contributed by atoms with van der Waals surface area (Å²) in [5.41, 5.74) is 2.14. The molecule has 1 aliphatic rings. The number of anilines is 1. The maximum Gasteiger partial charge on any atom is 0.245 e. The third-order valence-electron chi connectivity index (χ3n) is 3.81. The first kappa shape index (κ1) is 14.7. The predicted molar refractivity (Wildman–Crippen MR) is 82.0 cm³/mol. The Morgan fingerprint density at radius 3 is 2.58 bits per heavy atom. The summed E-state index contributed by atoms with van der Waals surface area (Å²) in [6.07, 6.45) is 6.88. The van der Waals surface area contributed by atoms with E-state index < -0.39 is 0 Å². The van der Waals surface area contributed by atoms with Crippen LogP contribution in [0.25, 0.3) is 0 Å². The molecule has 19 heavy (non-hydrogen) atoms. The van der Waals surface area contributed by atoms with Gasteiger partial charge < -0.3 is 4.90 Å². The van der Waals surface area contributed by atoms with Gasteiger partial charge in [0.05, 0.1) is 11.4 Å². The highest BCUT2D eigenvalue weighted by Gasteiger charge is 2.23. The number of alkyl halides is 1. The third kappa shape index (κ3) is 3.44. The molecule has 5 heteroatoms. The molecular formula is C14H23BrN4. The minimum absolute atomic E-state index is 0.501. The van der Waals surface area contributed by atoms with Gasteiger partial charge in [-0.1, -0.05) is 42.6 Å². The molecule has 0 amide bonds. The molecule has 1 aromatic heterocycles. The van der Waals surface area contributed by atoms with Gasteiger partial charge in [0.2, 0.25) is 5.95 Å². The van der Waals surface area contributed by atoms with Gasteiger partial charge in [-0.25, -0.2) is 4.98 Å². The fourth-order valence-corrected chi connectivity index (χ4v) is 3.32. The molecule has 0 aliphatic carbocycles. The van der Waals surface area contributed by atoms with Crippen molar-refractivity contribution >= 4 is 21.9 Å². The second kappa shape index (κ2) is 7.17. The van der Waals surface area contributed by atoms with Gasteiger partial charge in [0.1, 0.15) is 0 Å². The Balaban J connectivity index is 2.27. The van der Waals surface area contributed by atoms with E-state index in [1.807, 2.05) is 0 Å². The average molecular weight is 327 g/mol. The van der Waals surface area contributed by atoms with Crippen LogP contribution in [0.2, 0.25) is 0 Å². The minimum Gasteiger partial charge on any atom is -0.336 e. The summed E-state index contributed by atoms with van der Waals surface area (Å²) < 4.78 is 0. The normalized spacial score (nSPS) is 20.4. The largest absolute Gasteiger partial charge is 0.336 e. The average Bonchev–Trinajstić information content (AvgIpc) is 2.71. The highest BCUT2D eigenvalue weighted by molar-refractivity contribution is 9.09. The number of hydrogen-bond acceptors (Lipinski definition) is 4.